The normalized spacial score (nSPS) is 31.9. The van der Waals surface area contributed by atoms with Crippen molar-refractivity contribution in [1.82, 2.24) is 0 Å². The number of esters is 1. The molecular formula is C14H24O4. The van der Waals surface area contributed by atoms with Crippen LogP contribution in [0.1, 0.15) is 59.3 Å². The van der Waals surface area contributed by atoms with Gasteiger partial charge in [-0.25, -0.2) is 0 Å². The molecule has 0 aromatic rings. The number of carboxylic acid groups (broad SMARTS) is 1. The van der Waals surface area contributed by atoms with E-state index in [0.29, 0.717) is 25.9 Å². The maximum atomic E-state index is 12.3. The van der Waals surface area contributed by atoms with E-state index in [9.17, 15) is 14.7 Å². The molecule has 0 spiro atoms. The van der Waals surface area contributed by atoms with E-state index in [1.54, 1.807) is 6.92 Å². The van der Waals surface area contributed by atoms with Crippen molar-refractivity contribution in [2.45, 2.75) is 59.3 Å². The van der Waals surface area contributed by atoms with Crippen LogP contribution in [-0.4, -0.2) is 23.7 Å². The van der Waals surface area contributed by atoms with Crippen LogP contribution in [0.3, 0.4) is 0 Å². The quantitative estimate of drug-likeness (QED) is 0.768. The summed E-state index contributed by atoms with van der Waals surface area (Å²) < 4.78 is 5.27. The minimum atomic E-state index is -0.995. The molecule has 0 aliphatic heterocycles. The molecule has 2 unspecified atom stereocenters. The molecule has 1 aliphatic carbocycles. The van der Waals surface area contributed by atoms with Crippen molar-refractivity contribution in [3.05, 3.63) is 0 Å². The van der Waals surface area contributed by atoms with E-state index >= 15 is 0 Å². The molecule has 0 heterocycles. The molecule has 1 saturated carbocycles. The SMILES string of the molecule is CCCOC(=O)C1(CC)CCCCC1(C)C(=O)O. The largest absolute Gasteiger partial charge is 0.481 e. The second-order valence-corrected chi connectivity index (χ2v) is 5.42. The first kappa shape index (κ1) is 15.0. The van der Waals surface area contributed by atoms with Gasteiger partial charge in [0, 0.05) is 0 Å². The Labute approximate surface area is 109 Å². The summed E-state index contributed by atoms with van der Waals surface area (Å²) in [4.78, 5) is 24.0. The maximum absolute atomic E-state index is 12.3. The number of hydrogen-bond donors (Lipinski definition) is 1. The van der Waals surface area contributed by atoms with Crippen LogP contribution < -0.4 is 0 Å². The molecule has 4 heteroatoms. The standard InChI is InChI=1S/C14H24O4/c1-4-10-18-12(17)14(5-2)9-7-6-8-13(14,3)11(15)16/h4-10H2,1-3H3,(H,15,16). The highest BCUT2D eigenvalue weighted by Gasteiger charge is 2.58. The second-order valence-electron chi connectivity index (χ2n) is 5.42. The summed E-state index contributed by atoms with van der Waals surface area (Å²) >= 11 is 0. The molecule has 1 rings (SSSR count). The fraction of sp³-hybridized carbons (Fsp3) is 0.857. The van der Waals surface area contributed by atoms with E-state index in [-0.39, 0.29) is 5.97 Å². The van der Waals surface area contributed by atoms with Gasteiger partial charge in [0.15, 0.2) is 0 Å². The van der Waals surface area contributed by atoms with Crippen LogP contribution >= 0.6 is 0 Å². The number of carbonyl (C=O) groups excluding carboxylic acids is 1. The van der Waals surface area contributed by atoms with E-state index in [1.807, 2.05) is 13.8 Å². The lowest BCUT2D eigenvalue weighted by Crippen LogP contribution is -2.53. The number of hydrogen-bond acceptors (Lipinski definition) is 3. The molecule has 1 fully saturated rings. The van der Waals surface area contributed by atoms with E-state index < -0.39 is 16.8 Å². The first-order valence-corrected chi connectivity index (χ1v) is 6.85. The monoisotopic (exact) mass is 256 g/mol. The first-order chi connectivity index (χ1) is 8.44. The average Bonchev–Trinajstić information content (AvgIpc) is 2.36. The molecule has 104 valence electrons. The molecule has 0 aromatic carbocycles. The van der Waals surface area contributed by atoms with Crippen molar-refractivity contribution >= 4 is 11.9 Å². The van der Waals surface area contributed by atoms with Crippen LogP contribution in [0.5, 0.6) is 0 Å². The van der Waals surface area contributed by atoms with Gasteiger partial charge in [-0.1, -0.05) is 26.7 Å². The minimum Gasteiger partial charge on any atom is -0.481 e. The van der Waals surface area contributed by atoms with Crippen molar-refractivity contribution in [2.24, 2.45) is 10.8 Å². The van der Waals surface area contributed by atoms with E-state index in [4.69, 9.17) is 4.74 Å². The van der Waals surface area contributed by atoms with Crippen molar-refractivity contribution in [3.8, 4) is 0 Å². The highest BCUT2D eigenvalue weighted by Crippen LogP contribution is 2.53. The third-order valence-corrected chi connectivity index (χ3v) is 4.49. The zero-order valence-electron chi connectivity index (χ0n) is 11.6. The van der Waals surface area contributed by atoms with Gasteiger partial charge < -0.3 is 9.84 Å². The Balaban J connectivity index is 3.07. The van der Waals surface area contributed by atoms with E-state index in [1.165, 1.54) is 0 Å². The molecule has 0 amide bonds. The van der Waals surface area contributed by atoms with Crippen molar-refractivity contribution in [2.75, 3.05) is 6.61 Å². The average molecular weight is 256 g/mol. The van der Waals surface area contributed by atoms with Crippen LogP contribution in [0, 0.1) is 10.8 Å². The van der Waals surface area contributed by atoms with Gasteiger partial charge in [0.2, 0.25) is 0 Å². The Kier molecular flexibility index (Phi) is 4.77. The smallest absolute Gasteiger partial charge is 0.313 e. The van der Waals surface area contributed by atoms with Crippen LogP contribution in [-0.2, 0) is 14.3 Å². The molecule has 0 aromatic heterocycles. The molecule has 0 radical (unpaired) electrons. The lowest BCUT2D eigenvalue weighted by Gasteiger charge is -2.46. The zero-order valence-corrected chi connectivity index (χ0v) is 11.6. The van der Waals surface area contributed by atoms with Crippen LogP contribution in [0.2, 0.25) is 0 Å². The van der Waals surface area contributed by atoms with Crippen molar-refractivity contribution in [1.29, 1.82) is 0 Å². The number of rotatable bonds is 5. The van der Waals surface area contributed by atoms with Gasteiger partial charge in [-0.3, -0.25) is 9.59 Å². The third-order valence-electron chi connectivity index (χ3n) is 4.49. The molecule has 18 heavy (non-hydrogen) atoms. The van der Waals surface area contributed by atoms with Crippen molar-refractivity contribution in [3.63, 3.8) is 0 Å². The van der Waals surface area contributed by atoms with E-state index in [0.717, 1.165) is 19.3 Å². The van der Waals surface area contributed by atoms with Gasteiger partial charge in [0.05, 0.1) is 17.4 Å². The summed E-state index contributed by atoms with van der Waals surface area (Å²) in [7, 11) is 0. The van der Waals surface area contributed by atoms with E-state index in [2.05, 4.69) is 0 Å². The Morgan fingerprint density at radius 2 is 1.83 bits per heavy atom. The summed E-state index contributed by atoms with van der Waals surface area (Å²) in [6, 6.07) is 0. The number of aliphatic carboxylic acids is 1. The Morgan fingerprint density at radius 3 is 2.33 bits per heavy atom. The third kappa shape index (κ3) is 2.25. The molecule has 2 atom stereocenters. The van der Waals surface area contributed by atoms with Gasteiger partial charge >= 0.3 is 11.9 Å². The lowest BCUT2D eigenvalue weighted by molar-refractivity contribution is -0.182. The molecule has 1 N–H and O–H groups in total. The maximum Gasteiger partial charge on any atom is 0.313 e. The second kappa shape index (κ2) is 5.72. The Morgan fingerprint density at radius 1 is 1.22 bits per heavy atom. The molecule has 1 aliphatic rings. The Bertz CT molecular complexity index is 326. The zero-order chi connectivity index (χ0) is 13.8. The molecule has 0 saturated heterocycles. The molecule has 0 bridgehead atoms. The lowest BCUT2D eigenvalue weighted by atomic mass is 9.55. The number of carboxylic acids is 1. The van der Waals surface area contributed by atoms with Gasteiger partial charge in [0.25, 0.3) is 0 Å². The number of ether oxygens (including phenoxy) is 1. The fourth-order valence-corrected chi connectivity index (χ4v) is 3.10. The van der Waals surface area contributed by atoms with Gasteiger partial charge in [-0.2, -0.15) is 0 Å². The summed E-state index contributed by atoms with van der Waals surface area (Å²) in [6.07, 6.45) is 4.23. The molecular weight excluding hydrogens is 232 g/mol. The highest BCUT2D eigenvalue weighted by molar-refractivity contribution is 5.87. The van der Waals surface area contributed by atoms with Crippen molar-refractivity contribution < 1.29 is 19.4 Å². The Hall–Kier alpha value is -1.06. The summed E-state index contributed by atoms with van der Waals surface area (Å²) in [5.74, 6) is -1.20. The highest BCUT2D eigenvalue weighted by atomic mass is 16.5. The molecule has 4 nitrogen and oxygen atoms in total. The predicted octanol–water partition coefficient (Wildman–Crippen LogP) is 3.00. The first-order valence-electron chi connectivity index (χ1n) is 6.85. The van der Waals surface area contributed by atoms with Crippen LogP contribution in [0.15, 0.2) is 0 Å². The summed E-state index contributed by atoms with van der Waals surface area (Å²) in [5.41, 5.74) is -1.85. The minimum absolute atomic E-state index is 0.323. The topological polar surface area (TPSA) is 63.6 Å². The fourth-order valence-electron chi connectivity index (χ4n) is 3.10. The summed E-state index contributed by atoms with van der Waals surface area (Å²) in [6.45, 7) is 5.89. The number of carbonyl (C=O) groups is 2. The van der Waals surface area contributed by atoms with Gasteiger partial charge in [-0.05, 0) is 32.6 Å². The van der Waals surface area contributed by atoms with Gasteiger partial charge in [-0.15, -0.1) is 0 Å². The predicted molar refractivity (Wildman–Crippen MR) is 68.2 cm³/mol. The van der Waals surface area contributed by atoms with Gasteiger partial charge in [0.1, 0.15) is 0 Å². The summed E-state index contributed by atoms with van der Waals surface area (Å²) in [5, 5.41) is 9.53. The van der Waals surface area contributed by atoms with Crippen LogP contribution in [0.4, 0.5) is 0 Å². The van der Waals surface area contributed by atoms with Crippen LogP contribution in [0.25, 0.3) is 0 Å².